The zero-order valence-electron chi connectivity index (χ0n) is 18.5. The van der Waals surface area contributed by atoms with Gasteiger partial charge in [0.25, 0.3) is 0 Å². The van der Waals surface area contributed by atoms with Crippen LogP contribution in [0.2, 0.25) is 0 Å². The molecule has 0 radical (unpaired) electrons. The summed E-state index contributed by atoms with van der Waals surface area (Å²) < 4.78 is 0. The van der Waals surface area contributed by atoms with E-state index >= 15 is 0 Å². The molecule has 0 aliphatic heterocycles. The summed E-state index contributed by atoms with van der Waals surface area (Å²) in [5, 5.41) is 0. The van der Waals surface area contributed by atoms with E-state index in [9.17, 15) is 0 Å². The average Bonchev–Trinajstić information content (AvgIpc) is 2.82. The van der Waals surface area contributed by atoms with E-state index in [1.165, 1.54) is 22.3 Å². The van der Waals surface area contributed by atoms with E-state index in [4.69, 9.17) is 0 Å². The van der Waals surface area contributed by atoms with Gasteiger partial charge in [0.1, 0.15) is 0 Å². The van der Waals surface area contributed by atoms with Crippen LogP contribution in [0.25, 0.3) is 0 Å². The fourth-order valence-electron chi connectivity index (χ4n) is 3.75. The molecule has 0 heteroatoms. The number of hydrogen-bond donors (Lipinski definition) is 0. The van der Waals surface area contributed by atoms with Crippen LogP contribution in [0.4, 0.5) is 0 Å². The maximum atomic E-state index is 2.26. The van der Waals surface area contributed by atoms with Crippen LogP contribution in [0.1, 0.15) is 49.9 Å². The topological polar surface area (TPSA) is 0 Å². The SMILES string of the molecule is CC(C)(c1ccccc1)c1ccccc1.CC(C)(c1ccccc1)c1ccccc1. The maximum Gasteiger partial charge on any atom is 0.0146 e. The lowest BCUT2D eigenvalue weighted by molar-refractivity contribution is 0.641. The molecule has 0 bridgehead atoms. The second-order valence-corrected chi connectivity index (χ2v) is 8.71. The molecule has 4 aromatic rings. The zero-order valence-corrected chi connectivity index (χ0v) is 18.5. The molecule has 0 fully saturated rings. The van der Waals surface area contributed by atoms with E-state index in [1.807, 2.05) is 0 Å². The van der Waals surface area contributed by atoms with Crippen molar-refractivity contribution in [2.75, 3.05) is 0 Å². The summed E-state index contributed by atoms with van der Waals surface area (Å²) in [4.78, 5) is 0. The Bertz CT molecular complexity index is 829. The van der Waals surface area contributed by atoms with Gasteiger partial charge in [-0.1, -0.05) is 149 Å². The summed E-state index contributed by atoms with van der Waals surface area (Å²) in [6.07, 6.45) is 0. The summed E-state index contributed by atoms with van der Waals surface area (Å²) >= 11 is 0. The minimum Gasteiger partial charge on any atom is -0.0622 e. The van der Waals surface area contributed by atoms with E-state index in [0.717, 1.165) is 0 Å². The van der Waals surface area contributed by atoms with E-state index in [2.05, 4.69) is 149 Å². The van der Waals surface area contributed by atoms with Crippen molar-refractivity contribution in [1.29, 1.82) is 0 Å². The summed E-state index contributed by atoms with van der Waals surface area (Å²) in [7, 11) is 0. The lowest BCUT2D eigenvalue weighted by atomic mass is 9.78. The highest BCUT2D eigenvalue weighted by molar-refractivity contribution is 5.38. The molecule has 4 aromatic carbocycles. The number of rotatable bonds is 4. The maximum absolute atomic E-state index is 2.26. The Balaban J connectivity index is 0.000000171. The van der Waals surface area contributed by atoms with E-state index in [0.29, 0.717) is 0 Å². The van der Waals surface area contributed by atoms with E-state index in [-0.39, 0.29) is 10.8 Å². The lowest BCUT2D eigenvalue weighted by Gasteiger charge is -2.25. The quantitative estimate of drug-likeness (QED) is 0.330. The molecule has 0 aromatic heterocycles. The molecule has 0 amide bonds. The second kappa shape index (κ2) is 9.59. The van der Waals surface area contributed by atoms with Crippen molar-refractivity contribution in [2.45, 2.75) is 38.5 Å². The third-order valence-electron chi connectivity index (χ3n) is 5.98. The summed E-state index contributed by atoms with van der Waals surface area (Å²) in [6.45, 7) is 9.05. The Labute approximate surface area is 182 Å². The molecule has 152 valence electrons. The summed E-state index contributed by atoms with van der Waals surface area (Å²) in [5.41, 5.74) is 5.60. The Morgan fingerprint density at radius 3 is 0.633 bits per heavy atom. The van der Waals surface area contributed by atoms with E-state index in [1.54, 1.807) is 0 Å². The molecule has 30 heavy (non-hydrogen) atoms. The van der Waals surface area contributed by atoms with Crippen LogP contribution < -0.4 is 0 Å². The normalized spacial score (nSPS) is 11.3. The first-order valence-corrected chi connectivity index (χ1v) is 10.6. The van der Waals surface area contributed by atoms with Crippen LogP contribution in [-0.4, -0.2) is 0 Å². The summed E-state index contributed by atoms with van der Waals surface area (Å²) in [5.74, 6) is 0. The number of hydrogen-bond acceptors (Lipinski definition) is 0. The lowest BCUT2D eigenvalue weighted by Crippen LogP contribution is -2.18. The first-order chi connectivity index (χ1) is 14.4. The highest BCUT2D eigenvalue weighted by Gasteiger charge is 2.22. The third-order valence-corrected chi connectivity index (χ3v) is 5.98. The van der Waals surface area contributed by atoms with E-state index < -0.39 is 0 Å². The van der Waals surface area contributed by atoms with Gasteiger partial charge in [-0.25, -0.2) is 0 Å². The largest absolute Gasteiger partial charge is 0.0622 e. The fraction of sp³-hybridized carbons (Fsp3) is 0.200. The molecule has 0 nitrogen and oxygen atoms in total. The van der Waals surface area contributed by atoms with Gasteiger partial charge in [0, 0.05) is 10.8 Å². The zero-order chi connectivity index (χ0) is 21.5. The Morgan fingerprint density at radius 2 is 0.467 bits per heavy atom. The van der Waals surface area contributed by atoms with Crippen molar-refractivity contribution in [3.8, 4) is 0 Å². The fourth-order valence-corrected chi connectivity index (χ4v) is 3.75. The number of benzene rings is 4. The molecule has 0 atom stereocenters. The van der Waals surface area contributed by atoms with Gasteiger partial charge in [-0.3, -0.25) is 0 Å². The van der Waals surface area contributed by atoms with Gasteiger partial charge in [0.05, 0.1) is 0 Å². The molecule has 4 rings (SSSR count). The molecular formula is C30H32. The van der Waals surface area contributed by atoms with Crippen LogP contribution in [0.15, 0.2) is 121 Å². The van der Waals surface area contributed by atoms with Crippen molar-refractivity contribution < 1.29 is 0 Å². The van der Waals surface area contributed by atoms with Crippen molar-refractivity contribution in [3.05, 3.63) is 144 Å². The van der Waals surface area contributed by atoms with Crippen molar-refractivity contribution in [1.82, 2.24) is 0 Å². The molecule has 0 aliphatic carbocycles. The minimum absolute atomic E-state index is 0.0858. The standard InChI is InChI=1S/2C15H16/c2*1-15(2,13-9-5-3-6-10-13)14-11-7-4-8-12-14/h2*3-12H,1-2H3. The molecule has 0 aliphatic rings. The Hall–Kier alpha value is -3.12. The van der Waals surface area contributed by atoms with Crippen LogP contribution >= 0.6 is 0 Å². The minimum atomic E-state index is 0.0858. The molecule has 0 saturated carbocycles. The second-order valence-electron chi connectivity index (χ2n) is 8.71. The first-order valence-electron chi connectivity index (χ1n) is 10.6. The van der Waals surface area contributed by atoms with Gasteiger partial charge in [-0.05, 0) is 22.3 Å². The van der Waals surface area contributed by atoms with Crippen molar-refractivity contribution >= 4 is 0 Å². The molecule has 0 heterocycles. The molecule has 0 saturated heterocycles. The third kappa shape index (κ3) is 5.07. The smallest absolute Gasteiger partial charge is 0.0146 e. The molecule has 0 spiro atoms. The van der Waals surface area contributed by atoms with Crippen LogP contribution in [0.3, 0.4) is 0 Å². The first kappa shape index (κ1) is 21.6. The Kier molecular flexibility index (Phi) is 6.90. The molecular weight excluding hydrogens is 360 g/mol. The summed E-state index contributed by atoms with van der Waals surface area (Å²) in [6, 6.07) is 42.5. The van der Waals surface area contributed by atoms with Gasteiger partial charge in [0.15, 0.2) is 0 Å². The average molecular weight is 393 g/mol. The predicted octanol–water partition coefficient (Wildman–Crippen LogP) is 8.03. The van der Waals surface area contributed by atoms with Gasteiger partial charge < -0.3 is 0 Å². The predicted molar refractivity (Wildman–Crippen MR) is 130 cm³/mol. The van der Waals surface area contributed by atoms with Crippen LogP contribution in [-0.2, 0) is 10.8 Å². The highest BCUT2D eigenvalue weighted by atomic mass is 14.3. The van der Waals surface area contributed by atoms with Crippen LogP contribution in [0.5, 0.6) is 0 Å². The van der Waals surface area contributed by atoms with Crippen molar-refractivity contribution in [2.24, 2.45) is 0 Å². The van der Waals surface area contributed by atoms with Gasteiger partial charge >= 0.3 is 0 Å². The molecule has 0 N–H and O–H groups in total. The van der Waals surface area contributed by atoms with Gasteiger partial charge in [-0.2, -0.15) is 0 Å². The van der Waals surface area contributed by atoms with Crippen molar-refractivity contribution in [3.63, 3.8) is 0 Å². The van der Waals surface area contributed by atoms with Crippen LogP contribution in [0, 0.1) is 0 Å². The Morgan fingerprint density at radius 1 is 0.300 bits per heavy atom. The van der Waals surface area contributed by atoms with Gasteiger partial charge in [0.2, 0.25) is 0 Å². The monoisotopic (exact) mass is 392 g/mol. The molecule has 0 unspecified atom stereocenters. The van der Waals surface area contributed by atoms with Gasteiger partial charge in [-0.15, -0.1) is 0 Å². The highest BCUT2D eigenvalue weighted by Crippen LogP contribution is 2.31.